The van der Waals surface area contributed by atoms with Crippen LogP contribution in [0.3, 0.4) is 0 Å². The van der Waals surface area contributed by atoms with E-state index in [1.54, 1.807) is 0 Å². The number of rotatable bonds is 8. The summed E-state index contributed by atoms with van der Waals surface area (Å²) < 4.78 is 0. The first-order valence-corrected chi connectivity index (χ1v) is 8.49. The minimum atomic E-state index is 0.516. The van der Waals surface area contributed by atoms with Crippen LogP contribution in [-0.4, -0.2) is 23.6 Å². The lowest BCUT2D eigenvalue weighted by Crippen LogP contribution is -2.31. The monoisotopic (exact) mass is 289 g/mol. The van der Waals surface area contributed by atoms with Crippen LogP contribution in [0.15, 0.2) is 12.1 Å². The Hall–Kier alpha value is -1.09. The van der Waals surface area contributed by atoms with Crippen LogP contribution in [-0.2, 0) is 13.0 Å². The molecular formula is C18H31N3. The fraction of sp³-hybridized carbons (Fsp3) is 0.722. The van der Waals surface area contributed by atoms with Gasteiger partial charge >= 0.3 is 0 Å². The van der Waals surface area contributed by atoms with Gasteiger partial charge < -0.3 is 10.2 Å². The van der Waals surface area contributed by atoms with Gasteiger partial charge in [0.05, 0.1) is 0 Å². The van der Waals surface area contributed by atoms with Gasteiger partial charge in [-0.1, -0.05) is 34.6 Å². The predicted octanol–water partition coefficient (Wildman–Crippen LogP) is 3.77. The molecule has 0 aliphatic heterocycles. The molecule has 2 rings (SSSR count). The van der Waals surface area contributed by atoms with E-state index >= 15 is 0 Å². The van der Waals surface area contributed by atoms with Crippen LogP contribution in [0, 0.1) is 5.92 Å². The first-order valence-electron chi connectivity index (χ1n) is 8.49. The Bertz CT molecular complexity index is 450. The predicted molar refractivity (Wildman–Crippen MR) is 90.8 cm³/mol. The normalized spacial score (nSPS) is 15.0. The summed E-state index contributed by atoms with van der Waals surface area (Å²) in [5, 5.41) is 3.52. The molecule has 1 aliphatic rings. The molecule has 1 fully saturated rings. The van der Waals surface area contributed by atoms with Crippen molar-refractivity contribution in [3.63, 3.8) is 0 Å². The number of pyridine rings is 1. The molecule has 0 aromatic carbocycles. The fourth-order valence-electron chi connectivity index (χ4n) is 2.59. The Morgan fingerprint density at radius 1 is 1.24 bits per heavy atom. The van der Waals surface area contributed by atoms with Gasteiger partial charge in [0.15, 0.2) is 0 Å². The van der Waals surface area contributed by atoms with Gasteiger partial charge in [0.25, 0.3) is 0 Å². The summed E-state index contributed by atoms with van der Waals surface area (Å²) in [7, 11) is 0. The lowest BCUT2D eigenvalue weighted by molar-refractivity contribution is 0.585. The standard InChI is InChI=1S/C18H31N3/c1-6-16-9-15(11-19-14(4)5)10-18(20-16)21(12-13(2)3)17-7-8-17/h9-10,13-14,17,19H,6-8,11-12H2,1-5H3. The molecule has 3 heteroatoms. The van der Waals surface area contributed by atoms with E-state index in [4.69, 9.17) is 4.98 Å². The molecule has 0 spiro atoms. The molecule has 0 atom stereocenters. The summed E-state index contributed by atoms with van der Waals surface area (Å²) in [5.74, 6) is 1.86. The van der Waals surface area contributed by atoms with Crippen molar-refractivity contribution in [2.24, 2.45) is 5.92 Å². The fourth-order valence-corrected chi connectivity index (χ4v) is 2.59. The van der Waals surface area contributed by atoms with Gasteiger partial charge in [-0.2, -0.15) is 0 Å². The topological polar surface area (TPSA) is 28.2 Å². The van der Waals surface area contributed by atoms with Crippen LogP contribution in [0.1, 0.15) is 58.7 Å². The summed E-state index contributed by atoms with van der Waals surface area (Å²) in [6.07, 6.45) is 3.65. The van der Waals surface area contributed by atoms with Gasteiger partial charge in [0.1, 0.15) is 5.82 Å². The highest BCUT2D eigenvalue weighted by atomic mass is 15.2. The van der Waals surface area contributed by atoms with Crippen molar-refractivity contribution in [3.05, 3.63) is 23.4 Å². The molecule has 1 heterocycles. The first kappa shape index (κ1) is 16.3. The molecule has 0 unspecified atom stereocenters. The maximum absolute atomic E-state index is 4.89. The molecule has 1 aromatic heterocycles. The maximum Gasteiger partial charge on any atom is 0.129 e. The highest BCUT2D eigenvalue weighted by molar-refractivity contribution is 5.45. The smallest absolute Gasteiger partial charge is 0.129 e. The van der Waals surface area contributed by atoms with Crippen LogP contribution in [0.5, 0.6) is 0 Å². The third-order valence-corrected chi connectivity index (χ3v) is 3.85. The summed E-state index contributed by atoms with van der Waals surface area (Å²) in [5.41, 5.74) is 2.57. The number of nitrogens with zero attached hydrogens (tertiary/aromatic N) is 2. The third kappa shape index (κ3) is 4.99. The summed E-state index contributed by atoms with van der Waals surface area (Å²) in [6.45, 7) is 13.2. The van der Waals surface area contributed by atoms with Crippen molar-refractivity contribution < 1.29 is 0 Å². The van der Waals surface area contributed by atoms with E-state index in [1.807, 2.05) is 0 Å². The molecule has 1 N–H and O–H groups in total. The molecule has 3 nitrogen and oxygen atoms in total. The van der Waals surface area contributed by atoms with Crippen molar-refractivity contribution in [1.82, 2.24) is 10.3 Å². The molecule has 118 valence electrons. The maximum atomic E-state index is 4.89. The van der Waals surface area contributed by atoms with E-state index in [0.717, 1.165) is 25.6 Å². The zero-order chi connectivity index (χ0) is 15.4. The molecule has 0 radical (unpaired) electrons. The van der Waals surface area contributed by atoms with Crippen LogP contribution >= 0.6 is 0 Å². The second-order valence-corrected chi connectivity index (χ2v) is 6.99. The average molecular weight is 289 g/mol. The third-order valence-electron chi connectivity index (χ3n) is 3.85. The van der Waals surface area contributed by atoms with Crippen molar-refractivity contribution in [3.8, 4) is 0 Å². The van der Waals surface area contributed by atoms with Crippen LogP contribution < -0.4 is 10.2 Å². The number of hydrogen-bond acceptors (Lipinski definition) is 3. The quantitative estimate of drug-likeness (QED) is 0.789. The Kier molecular flexibility index (Phi) is 5.63. The Balaban J connectivity index is 2.21. The number of hydrogen-bond donors (Lipinski definition) is 1. The Labute approximate surface area is 130 Å². The minimum absolute atomic E-state index is 0.516. The lowest BCUT2D eigenvalue weighted by Gasteiger charge is -2.26. The van der Waals surface area contributed by atoms with Crippen molar-refractivity contribution in [2.45, 2.75) is 72.5 Å². The van der Waals surface area contributed by atoms with E-state index in [1.165, 1.54) is 29.9 Å². The number of aromatic nitrogens is 1. The van der Waals surface area contributed by atoms with Gasteiger partial charge in [-0.3, -0.25) is 0 Å². The van der Waals surface area contributed by atoms with Crippen molar-refractivity contribution >= 4 is 5.82 Å². The highest BCUT2D eigenvalue weighted by Crippen LogP contribution is 2.32. The van der Waals surface area contributed by atoms with E-state index < -0.39 is 0 Å². The number of anilines is 1. The molecule has 0 saturated heterocycles. The second-order valence-electron chi connectivity index (χ2n) is 6.99. The van der Waals surface area contributed by atoms with E-state index in [9.17, 15) is 0 Å². The zero-order valence-corrected chi connectivity index (χ0v) is 14.3. The van der Waals surface area contributed by atoms with Crippen LogP contribution in [0.4, 0.5) is 5.82 Å². The van der Waals surface area contributed by atoms with E-state index in [0.29, 0.717) is 12.0 Å². The number of aryl methyl sites for hydroxylation is 1. The molecule has 1 aliphatic carbocycles. The lowest BCUT2D eigenvalue weighted by atomic mass is 10.1. The van der Waals surface area contributed by atoms with Crippen LogP contribution in [0.25, 0.3) is 0 Å². The minimum Gasteiger partial charge on any atom is -0.353 e. The molecular weight excluding hydrogens is 258 g/mol. The highest BCUT2D eigenvalue weighted by Gasteiger charge is 2.30. The Morgan fingerprint density at radius 3 is 2.48 bits per heavy atom. The second kappa shape index (κ2) is 7.26. The number of nitrogens with one attached hydrogen (secondary N) is 1. The first-order chi connectivity index (χ1) is 9.99. The SMILES string of the molecule is CCc1cc(CNC(C)C)cc(N(CC(C)C)C2CC2)n1. The summed E-state index contributed by atoms with van der Waals surface area (Å²) in [4.78, 5) is 7.42. The average Bonchev–Trinajstić information content (AvgIpc) is 3.26. The van der Waals surface area contributed by atoms with Gasteiger partial charge in [-0.25, -0.2) is 4.98 Å². The molecule has 0 bridgehead atoms. The van der Waals surface area contributed by atoms with Gasteiger partial charge in [0, 0.05) is 30.9 Å². The Morgan fingerprint density at radius 2 is 1.95 bits per heavy atom. The zero-order valence-electron chi connectivity index (χ0n) is 14.3. The van der Waals surface area contributed by atoms with Crippen LogP contribution in [0.2, 0.25) is 0 Å². The molecule has 0 amide bonds. The largest absolute Gasteiger partial charge is 0.353 e. The van der Waals surface area contributed by atoms with Crippen molar-refractivity contribution in [2.75, 3.05) is 11.4 Å². The summed E-state index contributed by atoms with van der Waals surface area (Å²) in [6, 6.07) is 5.77. The van der Waals surface area contributed by atoms with E-state index in [2.05, 4.69) is 57.0 Å². The van der Waals surface area contributed by atoms with Gasteiger partial charge in [-0.05, 0) is 42.9 Å². The van der Waals surface area contributed by atoms with Gasteiger partial charge in [0.2, 0.25) is 0 Å². The van der Waals surface area contributed by atoms with Gasteiger partial charge in [-0.15, -0.1) is 0 Å². The van der Waals surface area contributed by atoms with E-state index in [-0.39, 0.29) is 0 Å². The molecule has 1 saturated carbocycles. The van der Waals surface area contributed by atoms with Crippen molar-refractivity contribution in [1.29, 1.82) is 0 Å². The molecule has 21 heavy (non-hydrogen) atoms. The molecule has 1 aromatic rings. The summed E-state index contributed by atoms with van der Waals surface area (Å²) >= 11 is 0.